The second kappa shape index (κ2) is 9.34. The SMILES string of the molecule is C=C/C(=C\C=C/C)n1c2ccccc2c2cc(-c3ccc4c(c3)c3ccccc3n4-c3ccccc3)ccc21. The van der Waals surface area contributed by atoms with Gasteiger partial charge in [-0.05, 0) is 78.7 Å². The summed E-state index contributed by atoms with van der Waals surface area (Å²) in [5.41, 5.74) is 9.45. The van der Waals surface area contributed by atoms with Gasteiger partial charge in [-0.25, -0.2) is 0 Å². The van der Waals surface area contributed by atoms with Crippen LogP contribution in [0.3, 0.4) is 0 Å². The van der Waals surface area contributed by atoms with Crippen molar-refractivity contribution in [1.82, 2.24) is 9.13 Å². The second-order valence-electron chi connectivity index (χ2n) is 9.83. The van der Waals surface area contributed by atoms with Crippen molar-refractivity contribution >= 4 is 49.3 Å². The molecule has 0 aliphatic heterocycles. The van der Waals surface area contributed by atoms with Crippen LogP contribution in [-0.4, -0.2) is 9.13 Å². The summed E-state index contributed by atoms with van der Waals surface area (Å²) in [5.74, 6) is 0. The van der Waals surface area contributed by atoms with Gasteiger partial charge >= 0.3 is 0 Å². The number of hydrogen-bond donors (Lipinski definition) is 0. The highest BCUT2D eigenvalue weighted by molar-refractivity contribution is 6.13. The van der Waals surface area contributed by atoms with Crippen molar-refractivity contribution in [3.05, 3.63) is 146 Å². The number of rotatable bonds is 5. The van der Waals surface area contributed by atoms with Crippen molar-refractivity contribution < 1.29 is 0 Å². The van der Waals surface area contributed by atoms with E-state index in [-0.39, 0.29) is 0 Å². The maximum absolute atomic E-state index is 4.10. The second-order valence-corrected chi connectivity index (χ2v) is 9.83. The highest BCUT2D eigenvalue weighted by Gasteiger charge is 2.15. The van der Waals surface area contributed by atoms with E-state index in [9.17, 15) is 0 Å². The number of para-hydroxylation sites is 3. The Bertz CT molecular complexity index is 2080. The molecule has 0 unspecified atom stereocenters. The molecule has 0 bridgehead atoms. The van der Waals surface area contributed by atoms with Gasteiger partial charge in [0, 0.05) is 32.9 Å². The average Bonchev–Trinajstić information content (AvgIpc) is 3.50. The van der Waals surface area contributed by atoms with E-state index in [2.05, 4.69) is 143 Å². The molecule has 0 radical (unpaired) electrons. The fourth-order valence-electron chi connectivity index (χ4n) is 5.87. The predicted octanol–water partition coefficient (Wildman–Crippen LogP) is 10.2. The number of aromatic nitrogens is 2. The molecule has 2 heterocycles. The van der Waals surface area contributed by atoms with Crippen LogP contribution < -0.4 is 0 Å². The van der Waals surface area contributed by atoms with Crippen LogP contribution in [0.4, 0.5) is 0 Å². The molecular weight excluding hydrogens is 472 g/mol. The Hall–Kier alpha value is -5.08. The van der Waals surface area contributed by atoms with Crippen LogP contribution >= 0.6 is 0 Å². The van der Waals surface area contributed by atoms with Crippen molar-refractivity contribution in [3.63, 3.8) is 0 Å². The Kier molecular flexibility index (Phi) is 5.53. The van der Waals surface area contributed by atoms with Gasteiger partial charge in [-0.1, -0.05) is 85.5 Å². The zero-order valence-corrected chi connectivity index (χ0v) is 21.9. The first-order chi connectivity index (χ1) is 19.3. The van der Waals surface area contributed by atoms with Crippen LogP contribution in [0, 0.1) is 0 Å². The van der Waals surface area contributed by atoms with Gasteiger partial charge < -0.3 is 9.13 Å². The summed E-state index contributed by atoms with van der Waals surface area (Å²) in [5, 5.41) is 5.01. The molecule has 7 rings (SSSR count). The van der Waals surface area contributed by atoms with Crippen molar-refractivity contribution in [2.75, 3.05) is 0 Å². The van der Waals surface area contributed by atoms with E-state index in [0.29, 0.717) is 0 Å². The maximum atomic E-state index is 4.10. The number of nitrogens with zero attached hydrogens (tertiary/aromatic N) is 2. The van der Waals surface area contributed by atoms with Gasteiger partial charge in [-0.2, -0.15) is 0 Å². The van der Waals surface area contributed by atoms with Gasteiger partial charge in [-0.3, -0.25) is 0 Å². The standard InChI is InChI=1S/C37H28N2/c1-3-5-13-28(4-2)38-34-18-11-9-16-30(34)32-24-26(20-22-36(32)38)27-21-23-37-33(25-27)31-17-10-12-19-35(31)39(37)29-14-7-6-8-15-29/h3-25H,2H2,1H3/b5-3-,28-13+. The zero-order valence-electron chi connectivity index (χ0n) is 21.9. The minimum Gasteiger partial charge on any atom is -0.309 e. The first kappa shape index (κ1) is 23.1. The van der Waals surface area contributed by atoms with Crippen molar-refractivity contribution in [2.45, 2.75) is 6.92 Å². The first-order valence-electron chi connectivity index (χ1n) is 13.4. The topological polar surface area (TPSA) is 9.86 Å². The average molecular weight is 501 g/mol. The quantitative estimate of drug-likeness (QED) is 0.208. The number of allylic oxidation sites excluding steroid dienone is 5. The molecule has 0 N–H and O–H groups in total. The third kappa shape index (κ3) is 3.65. The van der Waals surface area contributed by atoms with Gasteiger partial charge in [-0.15, -0.1) is 0 Å². The van der Waals surface area contributed by atoms with E-state index in [1.54, 1.807) is 0 Å². The largest absolute Gasteiger partial charge is 0.309 e. The lowest BCUT2D eigenvalue weighted by Crippen LogP contribution is -1.94. The molecule has 0 saturated heterocycles. The lowest BCUT2D eigenvalue weighted by atomic mass is 10.0. The number of benzene rings is 5. The number of fused-ring (bicyclic) bond motifs is 6. The molecule has 5 aromatic carbocycles. The summed E-state index contributed by atoms with van der Waals surface area (Å²) >= 11 is 0. The summed E-state index contributed by atoms with van der Waals surface area (Å²) in [6.07, 6.45) is 8.15. The van der Waals surface area contributed by atoms with Crippen molar-refractivity contribution in [2.24, 2.45) is 0 Å². The Morgan fingerprint density at radius 2 is 1.13 bits per heavy atom. The molecule has 0 saturated carbocycles. The highest BCUT2D eigenvalue weighted by atomic mass is 15.0. The molecule has 7 aromatic rings. The highest BCUT2D eigenvalue weighted by Crippen LogP contribution is 2.38. The summed E-state index contributed by atoms with van der Waals surface area (Å²) in [7, 11) is 0. The van der Waals surface area contributed by atoms with Crippen LogP contribution in [0.2, 0.25) is 0 Å². The Balaban J connectivity index is 1.46. The molecule has 0 amide bonds. The van der Waals surface area contributed by atoms with Gasteiger partial charge in [0.25, 0.3) is 0 Å². The Morgan fingerprint density at radius 1 is 0.590 bits per heavy atom. The smallest absolute Gasteiger partial charge is 0.0541 e. The summed E-state index contributed by atoms with van der Waals surface area (Å²) in [4.78, 5) is 0. The van der Waals surface area contributed by atoms with E-state index in [1.165, 1.54) is 60.4 Å². The zero-order chi connectivity index (χ0) is 26.3. The molecular formula is C37H28N2. The monoisotopic (exact) mass is 500 g/mol. The van der Waals surface area contributed by atoms with Crippen LogP contribution in [0.15, 0.2) is 146 Å². The van der Waals surface area contributed by atoms with Crippen molar-refractivity contribution in [1.29, 1.82) is 0 Å². The van der Waals surface area contributed by atoms with Gasteiger partial charge in [0.1, 0.15) is 0 Å². The number of hydrogen-bond acceptors (Lipinski definition) is 0. The first-order valence-corrected chi connectivity index (χ1v) is 13.4. The summed E-state index contributed by atoms with van der Waals surface area (Å²) in [6, 6.07) is 41.6. The van der Waals surface area contributed by atoms with Crippen LogP contribution in [0.1, 0.15) is 6.92 Å². The summed E-state index contributed by atoms with van der Waals surface area (Å²) < 4.78 is 4.66. The van der Waals surface area contributed by atoms with E-state index in [4.69, 9.17) is 0 Å². The molecule has 0 atom stereocenters. The normalized spacial score (nSPS) is 12.4. The Labute approximate surface area is 228 Å². The fourth-order valence-corrected chi connectivity index (χ4v) is 5.87. The molecule has 2 aromatic heterocycles. The van der Waals surface area contributed by atoms with E-state index in [0.717, 1.165) is 5.70 Å². The van der Waals surface area contributed by atoms with E-state index in [1.807, 2.05) is 19.1 Å². The molecule has 2 nitrogen and oxygen atoms in total. The lowest BCUT2D eigenvalue weighted by molar-refractivity contribution is 1.18. The molecule has 39 heavy (non-hydrogen) atoms. The maximum Gasteiger partial charge on any atom is 0.0541 e. The molecule has 186 valence electrons. The van der Waals surface area contributed by atoms with Crippen molar-refractivity contribution in [3.8, 4) is 16.8 Å². The molecule has 0 aliphatic carbocycles. The predicted molar refractivity (Wildman–Crippen MR) is 169 cm³/mol. The molecule has 0 aliphatic rings. The van der Waals surface area contributed by atoms with Crippen LogP contribution in [0.25, 0.3) is 66.1 Å². The molecule has 2 heteroatoms. The fraction of sp³-hybridized carbons (Fsp3) is 0.0270. The lowest BCUT2D eigenvalue weighted by Gasteiger charge is -2.09. The van der Waals surface area contributed by atoms with E-state index < -0.39 is 0 Å². The molecule has 0 spiro atoms. The Morgan fingerprint density at radius 3 is 1.82 bits per heavy atom. The minimum absolute atomic E-state index is 1.06. The van der Waals surface area contributed by atoms with Gasteiger partial charge in [0.15, 0.2) is 0 Å². The third-order valence-electron chi connectivity index (χ3n) is 7.62. The minimum atomic E-state index is 1.06. The van der Waals surface area contributed by atoms with Gasteiger partial charge in [0.2, 0.25) is 0 Å². The van der Waals surface area contributed by atoms with Crippen LogP contribution in [0.5, 0.6) is 0 Å². The summed E-state index contributed by atoms with van der Waals surface area (Å²) in [6.45, 7) is 6.13. The van der Waals surface area contributed by atoms with E-state index >= 15 is 0 Å². The third-order valence-corrected chi connectivity index (χ3v) is 7.62. The molecule has 0 fully saturated rings. The van der Waals surface area contributed by atoms with Crippen LogP contribution in [-0.2, 0) is 0 Å². The van der Waals surface area contributed by atoms with Gasteiger partial charge in [0.05, 0.1) is 22.1 Å².